The molecule has 128 valence electrons. The van der Waals surface area contributed by atoms with Crippen molar-refractivity contribution >= 4 is 34.0 Å². The zero-order valence-electron chi connectivity index (χ0n) is 14.3. The summed E-state index contributed by atoms with van der Waals surface area (Å²) in [6, 6.07) is 14.3. The van der Waals surface area contributed by atoms with E-state index in [9.17, 15) is 4.79 Å². The number of para-hydroxylation sites is 1. The van der Waals surface area contributed by atoms with Gasteiger partial charge in [-0.25, -0.2) is 4.98 Å². The summed E-state index contributed by atoms with van der Waals surface area (Å²) in [4.78, 5) is 22.5. The summed E-state index contributed by atoms with van der Waals surface area (Å²) in [6.07, 6.45) is 0.963. The molecule has 0 saturated carbocycles. The van der Waals surface area contributed by atoms with Gasteiger partial charge in [0, 0.05) is 31.6 Å². The monoisotopic (exact) mass is 351 g/mol. The first-order valence-electron chi connectivity index (χ1n) is 8.66. The third-order valence-electron chi connectivity index (χ3n) is 4.75. The van der Waals surface area contributed by atoms with Crippen molar-refractivity contribution in [1.82, 2.24) is 9.88 Å². The summed E-state index contributed by atoms with van der Waals surface area (Å²) in [5, 5.41) is 3.16. The SMILES string of the molecule is Cc1cc(N2CCCN(C(=O)c3cccs3)CC2)nc2ccccc12. The number of carbonyl (C=O) groups is 1. The van der Waals surface area contributed by atoms with Crippen LogP contribution in [0.3, 0.4) is 0 Å². The number of nitrogens with zero attached hydrogens (tertiary/aromatic N) is 3. The number of thiophene rings is 1. The highest BCUT2D eigenvalue weighted by Gasteiger charge is 2.21. The summed E-state index contributed by atoms with van der Waals surface area (Å²) >= 11 is 1.51. The topological polar surface area (TPSA) is 36.4 Å². The zero-order chi connectivity index (χ0) is 17.2. The van der Waals surface area contributed by atoms with Crippen LogP contribution >= 0.6 is 11.3 Å². The molecule has 4 rings (SSSR count). The highest BCUT2D eigenvalue weighted by atomic mass is 32.1. The summed E-state index contributed by atoms with van der Waals surface area (Å²) in [5.41, 5.74) is 2.28. The van der Waals surface area contributed by atoms with Gasteiger partial charge in [0.05, 0.1) is 10.4 Å². The van der Waals surface area contributed by atoms with Crippen LogP contribution in [0.1, 0.15) is 21.7 Å². The predicted molar refractivity (Wildman–Crippen MR) is 104 cm³/mol. The zero-order valence-corrected chi connectivity index (χ0v) is 15.1. The lowest BCUT2D eigenvalue weighted by Gasteiger charge is -2.23. The maximum Gasteiger partial charge on any atom is 0.263 e. The summed E-state index contributed by atoms with van der Waals surface area (Å²) in [6.45, 7) is 5.43. The van der Waals surface area contributed by atoms with Crippen LogP contribution in [-0.2, 0) is 0 Å². The minimum Gasteiger partial charge on any atom is -0.355 e. The maximum absolute atomic E-state index is 12.6. The lowest BCUT2D eigenvalue weighted by atomic mass is 10.1. The number of anilines is 1. The largest absolute Gasteiger partial charge is 0.355 e. The Kier molecular flexibility index (Phi) is 4.40. The number of hydrogen-bond acceptors (Lipinski definition) is 4. The number of benzene rings is 1. The van der Waals surface area contributed by atoms with Gasteiger partial charge in [-0.2, -0.15) is 0 Å². The Labute approximate surface area is 151 Å². The molecule has 0 N–H and O–H groups in total. The molecule has 0 spiro atoms. The van der Waals surface area contributed by atoms with E-state index in [1.165, 1.54) is 22.3 Å². The summed E-state index contributed by atoms with van der Waals surface area (Å²) < 4.78 is 0. The number of hydrogen-bond donors (Lipinski definition) is 0. The van der Waals surface area contributed by atoms with Gasteiger partial charge in [0.15, 0.2) is 0 Å². The van der Waals surface area contributed by atoms with E-state index in [1.807, 2.05) is 28.5 Å². The molecule has 0 aliphatic carbocycles. The number of fused-ring (bicyclic) bond motifs is 1. The van der Waals surface area contributed by atoms with Crippen molar-refractivity contribution in [1.29, 1.82) is 0 Å². The van der Waals surface area contributed by atoms with Crippen LogP contribution in [0.25, 0.3) is 10.9 Å². The van der Waals surface area contributed by atoms with Crippen LogP contribution < -0.4 is 4.90 Å². The van der Waals surface area contributed by atoms with Crippen LogP contribution in [0.15, 0.2) is 47.8 Å². The molecule has 0 unspecified atom stereocenters. The molecule has 1 amide bonds. The molecule has 0 radical (unpaired) electrons. The molecule has 3 heterocycles. The van der Waals surface area contributed by atoms with Crippen molar-refractivity contribution in [3.05, 3.63) is 58.3 Å². The van der Waals surface area contributed by atoms with E-state index in [-0.39, 0.29) is 5.91 Å². The third kappa shape index (κ3) is 3.24. The van der Waals surface area contributed by atoms with Gasteiger partial charge in [-0.15, -0.1) is 11.3 Å². The van der Waals surface area contributed by atoms with Gasteiger partial charge in [-0.1, -0.05) is 24.3 Å². The Morgan fingerprint density at radius 1 is 1.08 bits per heavy atom. The van der Waals surface area contributed by atoms with Gasteiger partial charge >= 0.3 is 0 Å². The van der Waals surface area contributed by atoms with Crippen LogP contribution in [0.2, 0.25) is 0 Å². The van der Waals surface area contributed by atoms with E-state index in [1.54, 1.807) is 0 Å². The number of aryl methyl sites for hydroxylation is 1. The lowest BCUT2D eigenvalue weighted by Crippen LogP contribution is -2.35. The summed E-state index contributed by atoms with van der Waals surface area (Å²) in [7, 11) is 0. The fourth-order valence-electron chi connectivity index (χ4n) is 3.40. The van der Waals surface area contributed by atoms with Crippen molar-refractivity contribution in [3.63, 3.8) is 0 Å². The molecule has 2 aromatic heterocycles. The molecule has 0 atom stereocenters. The van der Waals surface area contributed by atoms with Crippen molar-refractivity contribution in [3.8, 4) is 0 Å². The Morgan fingerprint density at radius 3 is 2.80 bits per heavy atom. The second-order valence-corrected chi connectivity index (χ2v) is 7.37. The fraction of sp³-hybridized carbons (Fsp3) is 0.300. The van der Waals surface area contributed by atoms with Crippen molar-refractivity contribution < 1.29 is 4.79 Å². The second-order valence-electron chi connectivity index (χ2n) is 6.42. The fourth-order valence-corrected chi connectivity index (χ4v) is 4.09. The molecule has 1 aliphatic rings. The van der Waals surface area contributed by atoms with Crippen LogP contribution in [-0.4, -0.2) is 42.0 Å². The molecule has 25 heavy (non-hydrogen) atoms. The standard InChI is InChI=1S/C20H21N3OS/c1-15-14-19(21-17-7-3-2-6-16(15)17)22-9-5-10-23(12-11-22)20(24)18-8-4-13-25-18/h2-4,6-8,13-14H,5,9-12H2,1H3. The third-order valence-corrected chi connectivity index (χ3v) is 5.61. The molecule has 5 heteroatoms. The van der Waals surface area contributed by atoms with Gasteiger partial charge in [-0.05, 0) is 42.5 Å². The Balaban J connectivity index is 1.54. The van der Waals surface area contributed by atoms with Gasteiger partial charge in [-0.3, -0.25) is 4.79 Å². The average molecular weight is 351 g/mol. The normalized spacial score (nSPS) is 15.4. The van der Waals surface area contributed by atoms with E-state index in [0.29, 0.717) is 0 Å². The van der Waals surface area contributed by atoms with Crippen LogP contribution in [0.5, 0.6) is 0 Å². The molecule has 1 aliphatic heterocycles. The van der Waals surface area contributed by atoms with Gasteiger partial charge in [0.2, 0.25) is 0 Å². The van der Waals surface area contributed by atoms with E-state index in [4.69, 9.17) is 4.98 Å². The van der Waals surface area contributed by atoms with E-state index in [0.717, 1.165) is 48.8 Å². The first-order chi connectivity index (χ1) is 12.2. The molecular weight excluding hydrogens is 330 g/mol. The number of carbonyl (C=O) groups excluding carboxylic acids is 1. The minimum absolute atomic E-state index is 0.152. The van der Waals surface area contributed by atoms with E-state index < -0.39 is 0 Å². The highest BCUT2D eigenvalue weighted by molar-refractivity contribution is 7.12. The maximum atomic E-state index is 12.6. The molecule has 3 aromatic rings. The minimum atomic E-state index is 0.152. The molecular formula is C20H21N3OS. The molecule has 1 aromatic carbocycles. The quantitative estimate of drug-likeness (QED) is 0.701. The molecule has 0 bridgehead atoms. The van der Waals surface area contributed by atoms with Crippen LogP contribution in [0, 0.1) is 6.92 Å². The Hall–Kier alpha value is -2.40. The predicted octanol–water partition coefficient (Wildman–Crippen LogP) is 3.96. The van der Waals surface area contributed by atoms with E-state index in [2.05, 4.69) is 36.1 Å². The van der Waals surface area contributed by atoms with Crippen molar-refractivity contribution in [2.45, 2.75) is 13.3 Å². The van der Waals surface area contributed by atoms with Crippen LogP contribution in [0.4, 0.5) is 5.82 Å². The highest BCUT2D eigenvalue weighted by Crippen LogP contribution is 2.23. The average Bonchev–Trinajstić information content (AvgIpc) is 3.05. The van der Waals surface area contributed by atoms with E-state index >= 15 is 0 Å². The summed E-state index contributed by atoms with van der Waals surface area (Å²) in [5.74, 6) is 1.17. The molecule has 1 fully saturated rings. The number of pyridine rings is 1. The van der Waals surface area contributed by atoms with Gasteiger partial charge in [0.1, 0.15) is 5.82 Å². The first-order valence-corrected chi connectivity index (χ1v) is 9.54. The van der Waals surface area contributed by atoms with Crippen molar-refractivity contribution in [2.24, 2.45) is 0 Å². The first kappa shape index (κ1) is 16.1. The number of amides is 1. The van der Waals surface area contributed by atoms with Gasteiger partial charge < -0.3 is 9.80 Å². The number of aromatic nitrogens is 1. The van der Waals surface area contributed by atoms with Crippen molar-refractivity contribution in [2.75, 3.05) is 31.1 Å². The second kappa shape index (κ2) is 6.84. The lowest BCUT2D eigenvalue weighted by molar-refractivity contribution is 0.0772. The Bertz CT molecular complexity index is 891. The molecule has 4 nitrogen and oxygen atoms in total. The Morgan fingerprint density at radius 2 is 1.96 bits per heavy atom. The molecule has 1 saturated heterocycles. The number of rotatable bonds is 2. The van der Waals surface area contributed by atoms with Gasteiger partial charge in [0.25, 0.3) is 5.91 Å². The smallest absolute Gasteiger partial charge is 0.263 e.